The molecule has 1 aromatic carbocycles. The number of rotatable bonds is 3. The van der Waals surface area contributed by atoms with Gasteiger partial charge in [-0.25, -0.2) is 0 Å². The first-order valence-corrected chi connectivity index (χ1v) is 11.0. The normalized spacial score (nSPS) is 24.2. The summed E-state index contributed by atoms with van der Waals surface area (Å²) in [4.78, 5) is 41.9. The highest BCUT2D eigenvalue weighted by atomic mass is 16.2. The van der Waals surface area contributed by atoms with Gasteiger partial charge in [0.1, 0.15) is 0 Å². The highest BCUT2D eigenvalue weighted by Gasteiger charge is 2.40. The number of anilines is 1. The van der Waals surface area contributed by atoms with Gasteiger partial charge in [0.2, 0.25) is 17.7 Å². The fourth-order valence-electron chi connectivity index (χ4n) is 5.23. The zero-order chi connectivity index (χ0) is 20.4. The van der Waals surface area contributed by atoms with Crippen molar-refractivity contribution in [3.8, 4) is 0 Å². The number of hydrogen-bond acceptors (Lipinski definition) is 3. The van der Waals surface area contributed by atoms with Crippen molar-refractivity contribution in [2.45, 2.75) is 58.4 Å². The predicted molar refractivity (Wildman–Crippen MR) is 111 cm³/mol. The van der Waals surface area contributed by atoms with Gasteiger partial charge in [0, 0.05) is 50.6 Å². The number of fused-ring (bicyclic) bond motifs is 1. The minimum Gasteiger partial charge on any atom is -0.342 e. The molecule has 2 unspecified atom stereocenters. The van der Waals surface area contributed by atoms with Crippen LogP contribution in [0.3, 0.4) is 0 Å². The van der Waals surface area contributed by atoms with Gasteiger partial charge in [-0.1, -0.05) is 25.0 Å². The summed E-state index contributed by atoms with van der Waals surface area (Å²) < 4.78 is 0. The molecule has 156 valence electrons. The van der Waals surface area contributed by atoms with Gasteiger partial charge in [-0.15, -0.1) is 0 Å². The summed E-state index contributed by atoms with van der Waals surface area (Å²) in [6.45, 7) is 4.41. The Labute approximate surface area is 172 Å². The fourth-order valence-corrected chi connectivity index (χ4v) is 5.23. The molecule has 2 atom stereocenters. The van der Waals surface area contributed by atoms with Crippen LogP contribution in [-0.4, -0.2) is 47.2 Å². The second-order valence-electron chi connectivity index (χ2n) is 8.66. The maximum absolute atomic E-state index is 13.4. The van der Waals surface area contributed by atoms with Gasteiger partial charge in [0.15, 0.2) is 0 Å². The summed E-state index contributed by atoms with van der Waals surface area (Å²) in [5.74, 6) is -0.0792. The summed E-state index contributed by atoms with van der Waals surface area (Å²) in [6, 6.07) is 5.88. The van der Waals surface area contributed by atoms with Crippen LogP contribution in [-0.2, 0) is 27.3 Å². The molecule has 6 nitrogen and oxygen atoms in total. The van der Waals surface area contributed by atoms with E-state index in [0.717, 1.165) is 74.8 Å². The van der Waals surface area contributed by atoms with E-state index in [2.05, 4.69) is 5.32 Å². The Morgan fingerprint density at radius 3 is 2.21 bits per heavy atom. The minimum absolute atomic E-state index is 0.0811. The van der Waals surface area contributed by atoms with Gasteiger partial charge in [-0.05, 0) is 49.3 Å². The molecule has 0 aromatic heterocycles. The first-order valence-electron chi connectivity index (χ1n) is 11.0. The van der Waals surface area contributed by atoms with Crippen LogP contribution in [0.1, 0.15) is 56.6 Å². The monoisotopic (exact) mass is 397 g/mol. The third-order valence-corrected chi connectivity index (χ3v) is 6.71. The number of likely N-dealkylation sites (tertiary alicyclic amines) is 1. The van der Waals surface area contributed by atoms with Crippen molar-refractivity contribution in [2.24, 2.45) is 11.8 Å². The standard InChI is InChI=1S/C23H31N3O3/c1-16(27)24-21-10-6-7-17-15-26(14-11-18(17)21)23(29)20-9-3-2-8-19(20)22(28)25-12-4-5-13-25/h6-7,10,19-20H,2-5,8-9,11-15H2,1H3,(H,24,27). The minimum atomic E-state index is -0.183. The highest BCUT2D eigenvalue weighted by molar-refractivity contribution is 5.90. The van der Waals surface area contributed by atoms with E-state index >= 15 is 0 Å². The molecule has 2 aliphatic heterocycles. The Kier molecular flexibility index (Phi) is 5.88. The van der Waals surface area contributed by atoms with Crippen LogP contribution < -0.4 is 5.32 Å². The molecule has 2 fully saturated rings. The van der Waals surface area contributed by atoms with Gasteiger partial charge in [-0.2, -0.15) is 0 Å². The third kappa shape index (κ3) is 4.16. The molecule has 2 heterocycles. The van der Waals surface area contributed by atoms with Crippen molar-refractivity contribution >= 4 is 23.4 Å². The Hall–Kier alpha value is -2.37. The number of amides is 3. The molecule has 0 bridgehead atoms. The Balaban J connectivity index is 1.49. The number of hydrogen-bond donors (Lipinski definition) is 1. The summed E-state index contributed by atoms with van der Waals surface area (Å²) in [5, 5.41) is 2.90. The first-order chi connectivity index (χ1) is 14.0. The van der Waals surface area contributed by atoms with E-state index in [4.69, 9.17) is 0 Å². The van der Waals surface area contributed by atoms with Crippen LogP contribution >= 0.6 is 0 Å². The van der Waals surface area contributed by atoms with Crippen molar-refractivity contribution in [3.63, 3.8) is 0 Å². The van der Waals surface area contributed by atoms with Gasteiger partial charge < -0.3 is 15.1 Å². The predicted octanol–water partition coefficient (Wildman–Crippen LogP) is 2.96. The summed E-state index contributed by atoms with van der Waals surface area (Å²) in [6.07, 6.45) is 6.61. The number of carbonyl (C=O) groups is 3. The second-order valence-corrected chi connectivity index (χ2v) is 8.66. The fraction of sp³-hybridized carbons (Fsp3) is 0.609. The molecule has 1 N–H and O–H groups in total. The van der Waals surface area contributed by atoms with Crippen molar-refractivity contribution < 1.29 is 14.4 Å². The van der Waals surface area contributed by atoms with Gasteiger partial charge in [0.25, 0.3) is 0 Å². The van der Waals surface area contributed by atoms with E-state index in [0.29, 0.717) is 13.1 Å². The summed E-state index contributed by atoms with van der Waals surface area (Å²) in [7, 11) is 0. The van der Waals surface area contributed by atoms with Gasteiger partial charge in [0.05, 0.1) is 0 Å². The number of nitrogens with zero attached hydrogens (tertiary/aromatic N) is 2. The van der Waals surface area contributed by atoms with Gasteiger partial charge in [-0.3, -0.25) is 14.4 Å². The molecular formula is C23H31N3O3. The largest absolute Gasteiger partial charge is 0.342 e. The Morgan fingerprint density at radius 1 is 0.897 bits per heavy atom. The molecule has 3 amide bonds. The van der Waals surface area contributed by atoms with E-state index in [1.54, 1.807) is 0 Å². The van der Waals surface area contributed by atoms with Crippen LogP contribution in [0.5, 0.6) is 0 Å². The average Bonchev–Trinajstić information content (AvgIpc) is 3.27. The maximum atomic E-state index is 13.4. The SMILES string of the molecule is CC(=O)Nc1cccc2c1CCN(C(=O)C1CCCCC1C(=O)N1CCCC1)C2. The van der Waals surface area contributed by atoms with Crippen LogP contribution in [0.25, 0.3) is 0 Å². The molecule has 1 saturated carbocycles. The second kappa shape index (κ2) is 8.56. The average molecular weight is 398 g/mol. The lowest BCUT2D eigenvalue weighted by atomic mass is 9.77. The van der Waals surface area contributed by atoms with E-state index in [1.807, 2.05) is 28.0 Å². The smallest absolute Gasteiger partial charge is 0.226 e. The third-order valence-electron chi connectivity index (χ3n) is 6.71. The molecular weight excluding hydrogens is 366 g/mol. The van der Waals surface area contributed by atoms with E-state index in [-0.39, 0.29) is 29.6 Å². The quantitative estimate of drug-likeness (QED) is 0.853. The van der Waals surface area contributed by atoms with E-state index in [9.17, 15) is 14.4 Å². The molecule has 1 saturated heterocycles. The van der Waals surface area contributed by atoms with Crippen LogP contribution in [0, 0.1) is 11.8 Å². The zero-order valence-electron chi connectivity index (χ0n) is 17.3. The van der Waals surface area contributed by atoms with Crippen LogP contribution in [0.15, 0.2) is 18.2 Å². The highest BCUT2D eigenvalue weighted by Crippen LogP contribution is 2.35. The van der Waals surface area contributed by atoms with Crippen molar-refractivity contribution in [3.05, 3.63) is 29.3 Å². The lowest BCUT2D eigenvalue weighted by Gasteiger charge is -2.37. The van der Waals surface area contributed by atoms with Crippen molar-refractivity contribution in [2.75, 3.05) is 25.0 Å². The number of nitrogens with one attached hydrogen (secondary N) is 1. The van der Waals surface area contributed by atoms with Crippen LogP contribution in [0.4, 0.5) is 5.69 Å². The Morgan fingerprint density at radius 2 is 1.55 bits per heavy atom. The lowest BCUT2D eigenvalue weighted by Crippen LogP contribution is -2.47. The molecule has 0 spiro atoms. The molecule has 1 aromatic rings. The van der Waals surface area contributed by atoms with Gasteiger partial charge >= 0.3 is 0 Å². The van der Waals surface area contributed by atoms with E-state index in [1.165, 1.54) is 6.92 Å². The van der Waals surface area contributed by atoms with Crippen molar-refractivity contribution in [1.29, 1.82) is 0 Å². The number of carbonyl (C=O) groups excluding carboxylic acids is 3. The molecule has 3 aliphatic rings. The maximum Gasteiger partial charge on any atom is 0.226 e. The van der Waals surface area contributed by atoms with Crippen molar-refractivity contribution in [1.82, 2.24) is 9.80 Å². The first kappa shape index (κ1) is 19.9. The molecule has 6 heteroatoms. The summed E-state index contributed by atoms with van der Waals surface area (Å²) in [5.41, 5.74) is 3.07. The Bertz CT molecular complexity index is 801. The molecule has 29 heavy (non-hydrogen) atoms. The topological polar surface area (TPSA) is 69.7 Å². The number of benzene rings is 1. The zero-order valence-corrected chi connectivity index (χ0v) is 17.3. The van der Waals surface area contributed by atoms with E-state index < -0.39 is 0 Å². The lowest BCUT2D eigenvalue weighted by molar-refractivity contribution is -0.148. The summed E-state index contributed by atoms with van der Waals surface area (Å²) >= 11 is 0. The molecule has 4 rings (SSSR count). The molecule has 1 aliphatic carbocycles. The molecule has 0 radical (unpaired) electrons. The van der Waals surface area contributed by atoms with Crippen LogP contribution in [0.2, 0.25) is 0 Å².